The summed E-state index contributed by atoms with van der Waals surface area (Å²) in [6.07, 6.45) is -0.371. The van der Waals surface area contributed by atoms with Crippen molar-refractivity contribution in [2.45, 2.75) is 87.9 Å². The Balaban J connectivity index is 0.00000146. The van der Waals surface area contributed by atoms with Crippen molar-refractivity contribution < 1.29 is 14.3 Å². The molecule has 0 unspecified atom stereocenters. The van der Waals surface area contributed by atoms with Gasteiger partial charge in [0.05, 0.1) is 17.3 Å². The lowest BCUT2D eigenvalue weighted by Crippen LogP contribution is -2.27. The third-order valence-electron chi connectivity index (χ3n) is 3.06. The molecule has 0 atom stereocenters. The van der Waals surface area contributed by atoms with Crippen molar-refractivity contribution >= 4 is 17.0 Å². The number of carbonyl (C=O) groups is 1. The van der Waals surface area contributed by atoms with Gasteiger partial charge in [-0.2, -0.15) is 9.78 Å². The first-order chi connectivity index (χ1) is 12.1. The number of carbonyl (C=O) groups excluding carboxylic acids is 1. The highest BCUT2D eigenvalue weighted by Crippen LogP contribution is 2.28. The third-order valence-corrected chi connectivity index (χ3v) is 3.06. The minimum absolute atomic E-state index is 0.0954. The van der Waals surface area contributed by atoms with E-state index in [-0.39, 0.29) is 6.10 Å². The Morgan fingerprint density at radius 1 is 1.08 bits per heavy atom. The van der Waals surface area contributed by atoms with Crippen molar-refractivity contribution in [3.8, 4) is 5.75 Å². The zero-order valence-corrected chi connectivity index (χ0v) is 18.4. The maximum atomic E-state index is 12.3. The first kappa shape index (κ1) is 24.0. The van der Waals surface area contributed by atoms with Crippen LogP contribution >= 0.6 is 0 Å². The second-order valence-corrected chi connectivity index (χ2v) is 6.78. The normalized spacial score (nSPS) is 10.6. The van der Waals surface area contributed by atoms with Crippen molar-refractivity contribution in [1.29, 1.82) is 0 Å². The van der Waals surface area contributed by atoms with Crippen LogP contribution in [0.2, 0.25) is 0 Å². The predicted octanol–water partition coefficient (Wildman–Crippen LogP) is 6.28. The van der Waals surface area contributed by atoms with Crippen LogP contribution in [0.3, 0.4) is 0 Å². The number of aryl methyl sites for hydroxylation is 2. The molecule has 148 valence electrons. The van der Waals surface area contributed by atoms with Gasteiger partial charge >= 0.3 is 6.09 Å². The Hall–Kier alpha value is -2.04. The molecule has 1 aromatic heterocycles. The molecule has 0 saturated carbocycles. The molecule has 1 aromatic carbocycles. The topological polar surface area (TPSA) is 53.4 Å². The Kier molecular flexibility index (Phi) is 9.39. The molecule has 26 heavy (non-hydrogen) atoms. The van der Waals surface area contributed by atoms with Gasteiger partial charge < -0.3 is 9.47 Å². The maximum absolute atomic E-state index is 12.3. The van der Waals surface area contributed by atoms with Crippen molar-refractivity contribution in [2.75, 3.05) is 0 Å². The van der Waals surface area contributed by atoms with Gasteiger partial charge in [0, 0.05) is 5.39 Å². The molecule has 0 fully saturated rings. The SMILES string of the molecule is CC.CC.Cc1nn(C(=O)OC(C)(C)C)c2c(C)cc(OC(C)C)cc12. The first-order valence-electron chi connectivity index (χ1n) is 9.48. The van der Waals surface area contributed by atoms with Gasteiger partial charge in [-0.1, -0.05) is 27.7 Å². The monoisotopic (exact) mass is 364 g/mol. The van der Waals surface area contributed by atoms with E-state index in [2.05, 4.69) is 5.10 Å². The summed E-state index contributed by atoms with van der Waals surface area (Å²) in [6.45, 7) is 21.3. The summed E-state index contributed by atoms with van der Waals surface area (Å²) in [4.78, 5) is 12.3. The molecular formula is C21H36N2O3. The van der Waals surface area contributed by atoms with E-state index in [1.54, 1.807) is 0 Å². The van der Waals surface area contributed by atoms with Gasteiger partial charge in [0.15, 0.2) is 0 Å². The summed E-state index contributed by atoms with van der Waals surface area (Å²) in [7, 11) is 0. The van der Waals surface area contributed by atoms with E-state index in [1.165, 1.54) is 4.68 Å². The molecule has 0 amide bonds. The van der Waals surface area contributed by atoms with Crippen molar-refractivity contribution in [3.63, 3.8) is 0 Å². The first-order valence-corrected chi connectivity index (χ1v) is 9.48. The Morgan fingerprint density at radius 3 is 2.08 bits per heavy atom. The molecule has 0 aliphatic heterocycles. The Morgan fingerprint density at radius 2 is 1.62 bits per heavy atom. The number of rotatable bonds is 2. The summed E-state index contributed by atoms with van der Waals surface area (Å²) in [6, 6.07) is 3.84. The standard InChI is InChI=1S/C17H24N2O3.2C2H6/c1-10(2)21-13-8-11(3)15-14(9-13)12(4)18-19(15)16(20)22-17(5,6)7;2*1-2/h8-10H,1-7H3;2*1-2H3. The average molecular weight is 365 g/mol. The van der Waals surface area contributed by atoms with Gasteiger partial charge in [-0.25, -0.2) is 4.79 Å². The number of hydrogen-bond donors (Lipinski definition) is 0. The van der Waals surface area contributed by atoms with Gasteiger partial charge in [0.1, 0.15) is 11.4 Å². The maximum Gasteiger partial charge on any atom is 0.435 e. The summed E-state index contributed by atoms with van der Waals surface area (Å²) < 4.78 is 12.5. The van der Waals surface area contributed by atoms with Crippen LogP contribution in [-0.2, 0) is 4.74 Å². The van der Waals surface area contributed by atoms with E-state index in [0.29, 0.717) is 0 Å². The van der Waals surface area contributed by atoms with Crippen molar-refractivity contribution in [2.24, 2.45) is 0 Å². The summed E-state index contributed by atoms with van der Waals surface area (Å²) in [5, 5.41) is 5.25. The van der Waals surface area contributed by atoms with Gasteiger partial charge in [-0.05, 0) is 66.2 Å². The van der Waals surface area contributed by atoms with Crippen LogP contribution in [0.5, 0.6) is 5.75 Å². The molecule has 1 heterocycles. The van der Waals surface area contributed by atoms with Crippen LogP contribution in [0, 0.1) is 13.8 Å². The molecule has 5 heteroatoms. The van der Waals surface area contributed by atoms with Gasteiger partial charge in [0.2, 0.25) is 0 Å². The van der Waals surface area contributed by atoms with Crippen molar-refractivity contribution in [1.82, 2.24) is 9.78 Å². The number of hydrogen-bond acceptors (Lipinski definition) is 4. The highest BCUT2D eigenvalue weighted by Gasteiger charge is 2.22. The third kappa shape index (κ3) is 6.36. The number of benzene rings is 1. The molecule has 2 rings (SSSR count). The second-order valence-electron chi connectivity index (χ2n) is 6.78. The number of nitrogens with zero attached hydrogens (tertiary/aromatic N) is 2. The van der Waals surface area contributed by atoms with E-state index < -0.39 is 11.7 Å². The zero-order valence-electron chi connectivity index (χ0n) is 18.4. The molecule has 0 aliphatic carbocycles. The molecule has 0 bridgehead atoms. The summed E-state index contributed by atoms with van der Waals surface area (Å²) in [5.41, 5.74) is 1.92. The zero-order chi connectivity index (χ0) is 20.7. The number of fused-ring (bicyclic) bond motifs is 1. The van der Waals surface area contributed by atoms with Gasteiger partial charge in [-0.3, -0.25) is 0 Å². The fourth-order valence-corrected chi connectivity index (χ4v) is 2.33. The van der Waals surface area contributed by atoms with E-state index in [9.17, 15) is 4.79 Å². The van der Waals surface area contributed by atoms with Crippen LogP contribution in [0.1, 0.15) is 73.6 Å². The predicted molar refractivity (Wildman–Crippen MR) is 109 cm³/mol. The molecular weight excluding hydrogens is 328 g/mol. The Labute approximate surface area is 158 Å². The van der Waals surface area contributed by atoms with Crippen LogP contribution in [0.4, 0.5) is 4.79 Å². The lowest BCUT2D eigenvalue weighted by atomic mass is 10.1. The molecule has 0 saturated heterocycles. The quantitative estimate of drug-likeness (QED) is 0.629. The highest BCUT2D eigenvalue weighted by molar-refractivity contribution is 5.92. The molecule has 0 spiro atoms. The van der Waals surface area contributed by atoms with Gasteiger partial charge in [-0.15, -0.1) is 0 Å². The molecule has 0 radical (unpaired) electrons. The molecule has 0 N–H and O–H groups in total. The van der Waals surface area contributed by atoms with Crippen LogP contribution < -0.4 is 4.74 Å². The smallest absolute Gasteiger partial charge is 0.435 e. The van der Waals surface area contributed by atoms with E-state index in [1.807, 2.05) is 88.3 Å². The molecule has 2 aromatic rings. The van der Waals surface area contributed by atoms with Crippen molar-refractivity contribution in [3.05, 3.63) is 23.4 Å². The molecule has 5 nitrogen and oxygen atoms in total. The van der Waals surface area contributed by atoms with Crippen LogP contribution in [0.15, 0.2) is 12.1 Å². The lowest BCUT2D eigenvalue weighted by molar-refractivity contribution is 0.0522. The average Bonchev–Trinajstić information content (AvgIpc) is 2.87. The van der Waals surface area contributed by atoms with Crippen LogP contribution in [-0.4, -0.2) is 27.6 Å². The lowest BCUT2D eigenvalue weighted by Gasteiger charge is -2.19. The largest absolute Gasteiger partial charge is 0.491 e. The summed E-state index contributed by atoms with van der Waals surface area (Å²) >= 11 is 0. The highest BCUT2D eigenvalue weighted by atomic mass is 16.6. The summed E-state index contributed by atoms with van der Waals surface area (Å²) in [5.74, 6) is 0.784. The minimum atomic E-state index is -0.558. The second kappa shape index (κ2) is 10.2. The molecule has 0 aliphatic rings. The Bertz CT molecular complexity index is 710. The number of aromatic nitrogens is 2. The van der Waals surface area contributed by atoms with Gasteiger partial charge in [0.25, 0.3) is 0 Å². The van der Waals surface area contributed by atoms with E-state index in [4.69, 9.17) is 9.47 Å². The van der Waals surface area contributed by atoms with E-state index in [0.717, 1.165) is 27.9 Å². The minimum Gasteiger partial charge on any atom is -0.491 e. The van der Waals surface area contributed by atoms with Crippen LogP contribution in [0.25, 0.3) is 10.9 Å². The van der Waals surface area contributed by atoms with E-state index >= 15 is 0 Å². The fraction of sp³-hybridized carbons (Fsp3) is 0.619. The fourth-order valence-electron chi connectivity index (χ4n) is 2.33. The number of ether oxygens (including phenoxy) is 2.